The van der Waals surface area contributed by atoms with Crippen molar-refractivity contribution in [3.8, 4) is 0 Å². The number of rotatable bonds is 2. The van der Waals surface area contributed by atoms with E-state index in [0.717, 1.165) is 11.0 Å². The van der Waals surface area contributed by atoms with E-state index in [1.807, 2.05) is 30.3 Å². The Balaban J connectivity index is 1.72. The number of halogens is 1. The Kier molecular flexibility index (Phi) is 3.05. The van der Waals surface area contributed by atoms with Gasteiger partial charge in [0, 0.05) is 17.0 Å². The van der Waals surface area contributed by atoms with Gasteiger partial charge in [-0.05, 0) is 30.3 Å². The first kappa shape index (κ1) is 13.5. The van der Waals surface area contributed by atoms with Crippen LogP contribution in [0.3, 0.4) is 0 Å². The van der Waals surface area contributed by atoms with E-state index in [0.29, 0.717) is 11.3 Å². The van der Waals surface area contributed by atoms with Gasteiger partial charge in [0.05, 0.1) is 0 Å². The van der Waals surface area contributed by atoms with Crippen molar-refractivity contribution in [2.75, 3.05) is 0 Å². The fourth-order valence-electron chi connectivity index (χ4n) is 2.36. The van der Waals surface area contributed by atoms with Gasteiger partial charge in [-0.1, -0.05) is 24.3 Å². The zero-order valence-corrected chi connectivity index (χ0v) is 11.8. The third kappa shape index (κ3) is 2.53. The first-order valence-corrected chi connectivity index (χ1v) is 6.96. The van der Waals surface area contributed by atoms with Crippen LogP contribution in [-0.2, 0) is 9.53 Å². The smallest absolute Gasteiger partial charge is 0.363 e. The summed E-state index contributed by atoms with van der Waals surface area (Å²) in [7, 11) is 0. The lowest BCUT2D eigenvalue weighted by Crippen LogP contribution is -2.05. The molecule has 0 bridgehead atoms. The summed E-state index contributed by atoms with van der Waals surface area (Å²) in [5.41, 5.74) is 1.25. The first-order chi connectivity index (χ1) is 11.2. The molecule has 1 aliphatic heterocycles. The second-order valence-electron chi connectivity index (χ2n) is 5.03. The average Bonchev–Trinajstić information content (AvgIpc) is 3.11. The van der Waals surface area contributed by atoms with Crippen molar-refractivity contribution in [1.29, 1.82) is 0 Å². The van der Waals surface area contributed by atoms with Crippen LogP contribution < -0.4 is 0 Å². The molecule has 1 aliphatic rings. The maximum Gasteiger partial charge on any atom is 0.363 e. The number of para-hydroxylation sites is 1. The molecule has 0 fully saturated rings. The zero-order chi connectivity index (χ0) is 15.8. The van der Waals surface area contributed by atoms with Crippen LogP contribution in [0.25, 0.3) is 17.0 Å². The summed E-state index contributed by atoms with van der Waals surface area (Å²) in [6.45, 7) is 0. The van der Waals surface area contributed by atoms with Gasteiger partial charge in [-0.15, -0.1) is 0 Å². The third-order valence-corrected chi connectivity index (χ3v) is 3.42. The zero-order valence-electron chi connectivity index (χ0n) is 11.8. The Bertz CT molecular complexity index is 952. The SMILES string of the molecule is O=C1OC(c2cccc(F)c2)=N/C1=C\c1cc2ccccc2o1. The molecule has 0 radical (unpaired) electrons. The summed E-state index contributed by atoms with van der Waals surface area (Å²) in [6.07, 6.45) is 1.51. The molecule has 0 amide bonds. The lowest BCUT2D eigenvalue weighted by molar-refractivity contribution is -0.129. The van der Waals surface area contributed by atoms with E-state index in [1.165, 1.54) is 24.3 Å². The van der Waals surface area contributed by atoms with Crippen molar-refractivity contribution in [3.63, 3.8) is 0 Å². The fraction of sp³-hybridized carbons (Fsp3) is 0. The van der Waals surface area contributed by atoms with E-state index in [1.54, 1.807) is 6.07 Å². The van der Waals surface area contributed by atoms with Crippen LogP contribution in [0, 0.1) is 5.82 Å². The molecule has 3 aromatic rings. The lowest BCUT2D eigenvalue weighted by Gasteiger charge is -1.98. The molecule has 23 heavy (non-hydrogen) atoms. The quantitative estimate of drug-likeness (QED) is 0.532. The van der Waals surface area contributed by atoms with Gasteiger partial charge in [0.2, 0.25) is 5.90 Å². The van der Waals surface area contributed by atoms with Crippen molar-refractivity contribution >= 4 is 28.9 Å². The summed E-state index contributed by atoms with van der Waals surface area (Å²) < 4.78 is 24.0. The first-order valence-electron chi connectivity index (χ1n) is 6.96. The second kappa shape index (κ2) is 5.21. The second-order valence-corrected chi connectivity index (χ2v) is 5.03. The van der Waals surface area contributed by atoms with Crippen LogP contribution in [0.2, 0.25) is 0 Å². The van der Waals surface area contributed by atoms with Gasteiger partial charge in [0.25, 0.3) is 0 Å². The monoisotopic (exact) mass is 307 g/mol. The minimum absolute atomic E-state index is 0.0804. The maximum atomic E-state index is 13.3. The van der Waals surface area contributed by atoms with E-state index in [4.69, 9.17) is 9.15 Å². The summed E-state index contributed by atoms with van der Waals surface area (Å²) >= 11 is 0. The number of nitrogens with zero attached hydrogens (tertiary/aromatic N) is 1. The number of hydrogen-bond donors (Lipinski definition) is 0. The Morgan fingerprint density at radius 3 is 2.74 bits per heavy atom. The maximum absolute atomic E-state index is 13.3. The highest BCUT2D eigenvalue weighted by Gasteiger charge is 2.24. The van der Waals surface area contributed by atoms with Crippen molar-refractivity contribution in [3.05, 3.63) is 77.4 Å². The fourth-order valence-corrected chi connectivity index (χ4v) is 2.36. The highest BCUT2D eigenvalue weighted by atomic mass is 19.1. The highest BCUT2D eigenvalue weighted by Crippen LogP contribution is 2.24. The van der Waals surface area contributed by atoms with Crippen LogP contribution in [-0.4, -0.2) is 11.9 Å². The van der Waals surface area contributed by atoms with E-state index < -0.39 is 11.8 Å². The molecule has 0 aliphatic carbocycles. The highest BCUT2D eigenvalue weighted by molar-refractivity contribution is 6.12. The molecule has 112 valence electrons. The standard InChI is InChI=1S/C18H10FNO3/c19-13-6-3-5-12(8-13)17-20-15(18(21)23-17)10-14-9-11-4-1-2-7-16(11)22-14/h1-10H/b15-10-. The van der Waals surface area contributed by atoms with Gasteiger partial charge >= 0.3 is 5.97 Å². The largest absolute Gasteiger partial charge is 0.457 e. The van der Waals surface area contributed by atoms with E-state index in [2.05, 4.69) is 4.99 Å². The minimum Gasteiger partial charge on any atom is -0.457 e. The minimum atomic E-state index is -0.593. The molecule has 2 heterocycles. The van der Waals surface area contributed by atoms with Gasteiger partial charge in [-0.2, -0.15) is 0 Å². The average molecular weight is 307 g/mol. The molecule has 5 heteroatoms. The number of fused-ring (bicyclic) bond motifs is 1. The molecule has 0 saturated carbocycles. The topological polar surface area (TPSA) is 51.8 Å². The predicted molar refractivity (Wildman–Crippen MR) is 83.2 cm³/mol. The third-order valence-electron chi connectivity index (χ3n) is 3.42. The number of ether oxygens (including phenoxy) is 1. The number of benzene rings is 2. The normalized spacial score (nSPS) is 16.0. The Labute approximate surface area is 130 Å². The van der Waals surface area contributed by atoms with Crippen LogP contribution >= 0.6 is 0 Å². The number of esters is 1. The Morgan fingerprint density at radius 1 is 1.04 bits per heavy atom. The summed E-state index contributed by atoms with van der Waals surface area (Å²) in [6, 6.07) is 15.1. The Hall–Kier alpha value is -3.21. The predicted octanol–water partition coefficient (Wildman–Crippen LogP) is 3.92. The molecule has 0 N–H and O–H groups in total. The number of carbonyl (C=O) groups is 1. The molecule has 0 saturated heterocycles. The van der Waals surface area contributed by atoms with Crippen molar-refractivity contribution in [2.24, 2.45) is 4.99 Å². The number of hydrogen-bond acceptors (Lipinski definition) is 4. The van der Waals surface area contributed by atoms with Gasteiger partial charge in [0.1, 0.15) is 17.2 Å². The van der Waals surface area contributed by atoms with Crippen molar-refractivity contribution in [2.45, 2.75) is 0 Å². The van der Waals surface area contributed by atoms with Gasteiger partial charge in [-0.25, -0.2) is 14.2 Å². The van der Waals surface area contributed by atoms with E-state index >= 15 is 0 Å². The number of carbonyl (C=O) groups excluding carboxylic acids is 1. The van der Waals surface area contributed by atoms with Gasteiger partial charge in [-0.3, -0.25) is 0 Å². The van der Waals surface area contributed by atoms with Gasteiger partial charge in [0.15, 0.2) is 5.70 Å². The molecule has 4 nitrogen and oxygen atoms in total. The van der Waals surface area contributed by atoms with Crippen molar-refractivity contribution < 1.29 is 18.3 Å². The molecule has 1 aromatic heterocycles. The Morgan fingerprint density at radius 2 is 1.91 bits per heavy atom. The number of aliphatic imine (C=N–C) groups is 1. The van der Waals surface area contributed by atoms with Gasteiger partial charge < -0.3 is 9.15 Å². The molecule has 0 unspecified atom stereocenters. The van der Waals surface area contributed by atoms with Crippen LogP contribution in [0.1, 0.15) is 11.3 Å². The molecule has 0 atom stereocenters. The van der Waals surface area contributed by atoms with E-state index in [9.17, 15) is 9.18 Å². The van der Waals surface area contributed by atoms with Crippen molar-refractivity contribution in [1.82, 2.24) is 0 Å². The molecular formula is C18H10FNO3. The lowest BCUT2D eigenvalue weighted by atomic mass is 10.2. The van der Waals surface area contributed by atoms with E-state index in [-0.39, 0.29) is 11.6 Å². The van der Waals surface area contributed by atoms with Crippen LogP contribution in [0.4, 0.5) is 4.39 Å². The summed E-state index contributed by atoms with van der Waals surface area (Å²) in [5.74, 6) is -0.431. The molecule has 2 aromatic carbocycles. The molecule has 4 rings (SSSR count). The van der Waals surface area contributed by atoms with Crippen LogP contribution in [0.5, 0.6) is 0 Å². The number of furan rings is 1. The number of cyclic esters (lactones) is 1. The summed E-state index contributed by atoms with van der Waals surface area (Å²) in [4.78, 5) is 16.0. The molecule has 0 spiro atoms. The molecular weight excluding hydrogens is 297 g/mol. The van der Waals surface area contributed by atoms with Crippen LogP contribution in [0.15, 0.2) is 69.7 Å². The summed E-state index contributed by atoms with van der Waals surface area (Å²) in [5, 5.41) is 0.931.